The summed E-state index contributed by atoms with van der Waals surface area (Å²) in [6, 6.07) is 10.4. The maximum Gasteiger partial charge on any atom is 0.123 e. The van der Waals surface area contributed by atoms with Gasteiger partial charge in [0.1, 0.15) is 18.4 Å². The maximum absolute atomic E-state index is 8.77. The molecule has 126 valence electrons. The smallest absolute Gasteiger partial charge is 0.123 e. The second kappa shape index (κ2) is 7.19. The average molecular weight is 351 g/mol. The summed E-state index contributed by atoms with van der Waals surface area (Å²) in [4.78, 5) is 1.01. The predicted octanol–water partition coefficient (Wildman–Crippen LogP) is 2.66. The van der Waals surface area contributed by atoms with Crippen molar-refractivity contribution in [2.45, 2.75) is 19.1 Å². The van der Waals surface area contributed by atoms with Crippen molar-refractivity contribution in [3.8, 4) is 22.4 Å². The third kappa shape index (κ3) is 3.49. The van der Waals surface area contributed by atoms with Gasteiger partial charge < -0.3 is 9.84 Å². The van der Waals surface area contributed by atoms with Crippen molar-refractivity contribution in [2.75, 3.05) is 13.2 Å². The molecule has 0 unspecified atom stereocenters. The van der Waals surface area contributed by atoms with Gasteiger partial charge in [0.15, 0.2) is 0 Å². The van der Waals surface area contributed by atoms with E-state index in [2.05, 4.69) is 40.4 Å². The molecule has 1 aliphatic heterocycles. The predicted molar refractivity (Wildman–Crippen MR) is 96.1 cm³/mol. The number of hydrogen-bond donors (Lipinski definition) is 1. The second-order valence-electron chi connectivity index (χ2n) is 5.79. The molecule has 0 spiro atoms. The Morgan fingerprint density at radius 1 is 1.36 bits per heavy atom. The number of aliphatic hydroxyl groups is 1. The normalized spacial score (nSPS) is 16.1. The molecule has 3 aromatic rings. The first-order valence-corrected chi connectivity index (χ1v) is 8.99. The summed E-state index contributed by atoms with van der Waals surface area (Å²) in [6.45, 7) is 1.25. The van der Waals surface area contributed by atoms with Gasteiger partial charge >= 0.3 is 0 Å². The van der Waals surface area contributed by atoms with Gasteiger partial charge in [0, 0.05) is 10.9 Å². The monoisotopic (exact) mass is 351 g/mol. The van der Waals surface area contributed by atoms with E-state index in [0.29, 0.717) is 6.54 Å². The topological polar surface area (TPSA) is 60.2 Å². The fraction of sp³-hybridized carbons (Fsp3) is 0.263. The highest BCUT2D eigenvalue weighted by Gasteiger charge is 2.21. The molecule has 0 saturated heterocycles. The molecule has 1 N–H and O–H groups in total. The van der Waals surface area contributed by atoms with Crippen LogP contribution in [0.15, 0.2) is 41.9 Å². The van der Waals surface area contributed by atoms with E-state index < -0.39 is 0 Å². The van der Waals surface area contributed by atoms with Crippen molar-refractivity contribution < 1.29 is 9.84 Å². The lowest BCUT2D eigenvalue weighted by Crippen LogP contribution is -2.20. The van der Waals surface area contributed by atoms with Crippen LogP contribution >= 0.6 is 11.3 Å². The Morgan fingerprint density at radius 3 is 3.20 bits per heavy atom. The minimum atomic E-state index is -0.135. The van der Waals surface area contributed by atoms with Crippen LogP contribution in [0.5, 0.6) is 0 Å². The van der Waals surface area contributed by atoms with Gasteiger partial charge in [0.2, 0.25) is 0 Å². The largest absolute Gasteiger partial charge is 0.384 e. The highest BCUT2D eigenvalue weighted by Crippen LogP contribution is 2.29. The zero-order chi connectivity index (χ0) is 17.1. The molecular formula is C19H17N3O2S. The highest BCUT2D eigenvalue weighted by molar-refractivity contribution is 7.13. The van der Waals surface area contributed by atoms with E-state index in [4.69, 9.17) is 9.84 Å². The van der Waals surface area contributed by atoms with E-state index in [0.717, 1.165) is 29.2 Å². The number of aromatic nitrogens is 3. The molecule has 0 bridgehead atoms. The SMILES string of the molecule is OCC#Cc1csc(-c2cn(C[C@H]3OCCc4ccccc43)nn2)c1. The van der Waals surface area contributed by atoms with Crippen LogP contribution in [0.4, 0.5) is 0 Å². The standard InChI is InChI=1S/C19H17N3O2S/c23-8-3-4-14-10-19(25-13-14)17-11-22(21-20-17)12-18-16-6-2-1-5-15(16)7-9-24-18/h1-2,5-6,10-11,13,18,23H,7-9,12H2/t18-/m1/s1. The van der Waals surface area contributed by atoms with Gasteiger partial charge in [-0.2, -0.15) is 0 Å². The van der Waals surface area contributed by atoms with Crippen LogP contribution in [-0.4, -0.2) is 33.3 Å². The van der Waals surface area contributed by atoms with Gasteiger partial charge in [-0.15, -0.1) is 16.4 Å². The van der Waals surface area contributed by atoms with E-state index in [1.807, 2.05) is 28.4 Å². The second-order valence-corrected chi connectivity index (χ2v) is 6.70. The Labute approximate surface area is 149 Å². The van der Waals surface area contributed by atoms with Gasteiger partial charge in [-0.3, -0.25) is 0 Å². The Balaban J connectivity index is 1.52. The number of fused-ring (bicyclic) bond motifs is 1. The van der Waals surface area contributed by atoms with Crippen LogP contribution in [0, 0.1) is 11.8 Å². The fourth-order valence-electron chi connectivity index (χ4n) is 2.98. The van der Waals surface area contributed by atoms with Gasteiger partial charge in [-0.25, -0.2) is 4.68 Å². The van der Waals surface area contributed by atoms with Crippen LogP contribution in [0.2, 0.25) is 0 Å². The molecule has 3 heterocycles. The Hall–Kier alpha value is -2.46. The van der Waals surface area contributed by atoms with Crippen molar-refractivity contribution >= 4 is 11.3 Å². The highest BCUT2D eigenvalue weighted by atomic mass is 32.1. The summed E-state index contributed by atoms with van der Waals surface area (Å²) in [6.07, 6.45) is 2.91. The molecule has 1 atom stereocenters. The number of thiophene rings is 1. The summed E-state index contributed by atoms with van der Waals surface area (Å²) in [7, 11) is 0. The van der Waals surface area contributed by atoms with Gasteiger partial charge in [-0.05, 0) is 23.6 Å². The molecule has 0 amide bonds. The quantitative estimate of drug-likeness (QED) is 0.737. The summed E-state index contributed by atoms with van der Waals surface area (Å²) >= 11 is 1.57. The molecule has 2 aromatic heterocycles. The minimum absolute atomic E-state index is 0.00816. The minimum Gasteiger partial charge on any atom is -0.384 e. The molecule has 0 radical (unpaired) electrons. The van der Waals surface area contributed by atoms with Crippen molar-refractivity contribution in [3.63, 3.8) is 0 Å². The number of rotatable bonds is 3. The lowest BCUT2D eigenvalue weighted by Gasteiger charge is -2.25. The lowest BCUT2D eigenvalue weighted by atomic mass is 9.98. The number of benzene rings is 1. The van der Waals surface area contributed by atoms with Gasteiger partial charge in [0.05, 0.1) is 24.2 Å². The Kier molecular flexibility index (Phi) is 4.61. The van der Waals surface area contributed by atoms with Crippen molar-refractivity contribution in [1.29, 1.82) is 0 Å². The third-order valence-electron chi connectivity index (χ3n) is 4.15. The number of ether oxygens (including phenoxy) is 1. The van der Waals surface area contributed by atoms with Crippen molar-refractivity contribution in [1.82, 2.24) is 15.0 Å². The van der Waals surface area contributed by atoms with Crippen LogP contribution in [-0.2, 0) is 17.7 Å². The van der Waals surface area contributed by atoms with Crippen LogP contribution in [0.1, 0.15) is 22.8 Å². The van der Waals surface area contributed by atoms with Crippen molar-refractivity contribution in [3.05, 3.63) is 58.6 Å². The molecule has 25 heavy (non-hydrogen) atoms. The first kappa shape index (κ1) is 16.0. The summed E-state index contributed by atoms with van der Waals surface area (Å²) in [5.41, 5.74) is 4.30. The van der Waals surface area contributed by atoms with Crippen LogP contribution < -0.4 is 0 Å². The molecule has 1 aromatic carbocycles. The zero-order valence-corrected chi connectivity index (χ0v) is 14.4. The summed E-state index contributed by atoms with van der Waals surface area (Å²) < 4.78 is 7.78. The van der Waals surface area contributed by atoms with Gasteiger partial charge in [-0.1, -0.05) is 41.3 Å². The van der Waals surface area contributed by atoms with Crippen LogP contribution in [0.3, 0.4) is 0 Å². The molecular weight excluding hydrogens is 334 g/mol. The third-order valence-corrected chi connectivity index (χ3v) is 5.10. The molecule has 5 nitrogen and oxygen atoms in total. The number of aliphatic hydroxyl groups excluding tert-OH is 1. The van der Waals surface area contributed by atoms with E-state index >= 15 is 0 Å². The molecule has 4 rings (SSSR count). The first-order valence-electron chi connectivity index (χ1n) is 8.11. The van der Waals surface area contributed by atoms with E-state index in [1.165, 1.54) is 11.1 Å². The maximum atomic E-state index is 8.77. The first-order chi connectivity index (χ1) is 12.3. The lowest BCUT2D eigenvalue weighted by molar-refractivity contribution is 0.0279. The van der Waals surface area contributed by atoms with Crippen molar-refractivity contribution in [2.24, 2.45) is 0 Å². The number of nitrogens with zero attached hydrogens (tertiary/aromatic N) is 3. The average Bonchev–Trinajstić information content (AvgIpc) is 3.29. The van der Waals surface area contributed by atoms with Gasteiger partial charge in [0.25, 0.3) is 0 Å². The molecule has 6 heteroatoms. The van der Waals surface area contributed by atoms with Crippen LogP contribution in [0.25, 0.3) is 10.6 Å². The van der Waals surface area contributed by atoms with E-state index in [1.54, 1.807) is 11.3 Å². The molecule has 1 aliphatic rings. The molecule has 0 saturated carbocycles. The van der Waals surface area contributed by atoms with E-state index in [-0.39, 0.29) is 12.7 Å². The summed E-state index contributed by atoms with van der Waals surface area (Å²) in [5, 5.41) is 19.2. The summed E-state index contributed by atoms with van der Waals surface area (Å²) in [5.74, 6) is 5.56. The Bertz CT molecular complexity index is 935. The zero-order valence-electron chi connectivity index (χ0n) is 13.6. The fourth-order valence-corrected chi connectivity index (χ4v) is 3.77. The Morgan fingerprint density at radius 2 is 2.28 bits per heavy atom. The number of hydrogen-bond acceptors (Lipinski definition) is 5. The molecule has 0 aliphatic carbocycles. The van der Waals surface area contributed by atoms with E-state index in [9.17, 15) is 0 Å². The molecule has 0 fully saturated rings.